The summed E-state index contributed by atoms with van der Waals surface area (Å²) in [5, 5.41) is 6.81. The molecule has 0 atom stereocenters. The van der Waals surface area contributed by atoms with Crippen LogP contribution < -0.4 is 10.5 Å². The molecular formula is C11H13N3O. The van der Waals surface area contributed by atoms with Crippen molar-refractivity contribution in [3.63, 3.8) is 0 Å². The summed E-state index contributed by atoms with van der Waals surface area (Å²) in [4.78, 5) is 0. The minimum Gasteiger partial charge on any atom is -0.438 e. The van der Waals surface area contributed by atoms with Crippen LogP contribution in [0.2, 0.25) is 0 Å². The normalized spacial score (nSPS) is 10.3. The Kier molecular flexibility index (Phi) is 2.69. The number of nitrogens with one attached hydrogen (secondary N) is 1. The Hall–Kier alpha value is -1.81. The third kappa shape index (κ3) is 2.35. The third-order valence-electron chi connectivity index (χ3n) is 2.04. The molecule has 15 heavy (non-hydrogen) atoms. The summed E-state index contributed by atoms with van der Waals surface area (Å²) in [5.41, 5.74) is 7.55. The molecular weight excluding hydrogens is 190 g/mol. The molecule has 0 amide bonds. The van der Waals surface area contributed by atoms with Crippen LogP contribution in [0.4, 0.5) is 0 Å². The van der Waals surface area contributed by atoms with Crippen LogP contribution >= 0.6 is 0 Å². The van der Waals surface area contributed by atoms with E-state index in [0.29, 0.717) is 12.4 Å². The summed E-state index contributed by atoms with van der Waals surface area (Å²) >= 11 is 0. The number of hydrogen-bond donors (Lipinski definition) is 2. The number of hydrogen-bond acceptors (Lipinski definition) is 3. The van der Waals surface area contributed by atoms with E-state index in [4.69, 9.17) is 10.5 Å². The van der Waals surface area contributed by atoms with Crippen LogP contribution in [0.3, 0.4) is 0 Å². The summed E-state index contributed by atoms with van der Waals surface area (Å²) in [5.74, 6) is 1.33. The minimum atomic E-state index is 0.511. The molecule has 0 saturated carbocycles. The van der Waals surface area contributed by atoms with Crippen molar-refractivity contribution < 1.29 is 4.74 Å². The van der Waals surface area contributed by atoms with Gasteiger partial charge in [0.1, 0.15) is 5.75 Å². The molecule has 2 aromatic rings. The lowest BCUT2D eigenvalue weighted by atomic mass is 10.2. The SMILES string of the molecule is Cc1cc(Oc2cccc(CN)c2)n[nH]1. The highest BCUT2D eigenvalue weighted by atomic mass is 16.5. The number of H-pyrrole nitrogens is 1. The van der Waals surface area contributed by atoms with Crippen molar-refractivity contribution >= 4 is 0 Å². The first-order chi connectivity index (χ1) is 7.28. The van der Waals surface area contributed by atoms with Crippen molar-refractivity contribution in [1.29, 1.82) is 0 Å². The van der Waals surface area contributed by atoms with Crippen molar-refractivity contribution in [1.82, 2.24) is 10.2 Å². The van der Waals surface area contributed by atoms with Crippen molar-refractivity contribution in [3.05, 3.63) is 41.6 Å². The van der Waals surface area contributed by atoms with Crippen LogP contribution in [0, 0.1) is 6.92 Å². The van der Waals surface area contributed by atoms with E-state index in [2.05, 4.69) is 10.2 Å². The van der Waals surface area contributed by atoms with E-state index in [0.717, 1.165) is 17.0 Å². The molecule has 78 valence electrons. The number of aromatic nitrogens is 2. The molecule has 0 aliphatic rings. The van der Waals surface area contributed by atoms with Crippen LogP contribution in [-0.4, -0.2) is 10.2 Å². The van der Waals surface area contributed by atoms with Crippen LogP contribution in [0.15, 0.2) is 30.3 Å². The Morgan fingerprint density at radius 3 is 2.93 bits per heavy atom. The van der Waals surface area contributed by atoms with Crippen LogP contribution in [-0.2, 0) is 6.54 Å². The molecule has 0 radical (unpaired) electrons. The van der Waals surface area contributed by atoms with Gasteiger partial charge < -0.3 is 10.5 Å². The monoisotopic (exact) mass is 203 g/mol. The first-order valence-electron chi connectivity index (χ1n) is 4.77. The summed E-state index contributed by atoms with van der Waals surface area (Å²) in [6.07, 6.45) is 0. The van der Waals surface area contributed by atoms with E-state index in [9.17, 15) is 0 Å². The number of nitrogens with zero attached hydrogens (tertiary/aromatic N) is 1. The number of aryl methyl sites for hydroxylation is 1. The highest BCUT2D eigenvalue weighted by Gasteiger charge is 2.01. The maximum Gasteiger partial charge on any atom is 0.238 e. The first kappa shape index (κ1) is 9.73. The second-order valence-corrected chi connectivity index (χ2v) is 3.34. The second kappa shape index (κ2) is 4.14. The van der Waals surface area contributed by atoms with Gasteiger partial charge in [0, 0.05) is 18.3 Å². The van der Waals surface area contributed by atoms with Gasteiger partial charge in [0.15, 0.2) is 0 Å². The van der Waals surface area contributed by atoms with Gasteiger partial charge in [-0.15, -0.1) is 5.10 Å². The molecule has 1 aromatic heterocycles. The third-order valence-corrected chi connectivity index (χ3v) is 2.04. The zero-order chi connectivity index (χ0) is 10.7. The Balaban J connectivity index is 2.16. The molecule has 0 saturated heterocycles. The van der Waals surface area contributed by atoms with E-state index in [1.807, 2.05) is 37.3 Å². The van der Waals surface area contributed by atoms with Gasteiger partial charge in [-0.2, -0.15) is 0 Å². The Morgan fingerprint density at radius 2 is 2.27 bits per heavy atom. The van der Waals surface area contributed by atoms with E-state index in [1.54, 1.807) is 0 Å². The predicted octanol–water partition coefficient (Wildman–Crippen LogP) is 1.97. The van der Waals surface area contributed by atoms with Crippen molar-refractivity contribution in [3.8, 4) is 11.6 Å². The highest BCUT2D eigenvalue weighted by Crippen LogP contribution is 2.20. The molecule has 0 aliphatic heterocycles. The number of benzene rings is 1. The number of aromatic amines is 1. The quantitative estimate of drug-likeness (QED) is 0.801. The fourth-order valence-electron chi connectivity index (χ4n) is 1.30. The fraction of sp³-hybridized carbons (Fsp3) is 0.182. The van der Waals surface area contributed by atoms with Gasteiger partial charge in [-0.1, -0.05) is 12.1 Å². The van der Waals surface area contributed by atoms with Gasteiger partial charge in [0.2, 0.25) is 5.88 Å². The largest absolute Gasteiger partial charge is 0.438 e. The summed E-state index contributed by atoms with van der Waals surface area (Å²) in [6, 6.07) is 9.50. The fourth-order valence-corrected chi connectivity index (χ4v) is 1.30. The lowest BCUT2D eigenvalue weighted by Crippen LogP contribution is -1.96. The molecule has 3 N–H and O–H groups in total. The van der Waals surface area contributed by atoms with Crippen molar-refractivity contribution in [2.24, 2.45) is 5.73 Å². The van der Waals surface area contributed by atoms with Gasteiger partial charge in [0.25, 0.3) is 0 Å². The molecule has 1 heterocycles. The molecule has 0 spiro atoms. The maximum absolute atomic E-state index is 5.54. The summed E-state index contributed by atoms with van der Waals surface area (Å²) < 4.78 is 5.54. The van der Waals surface area contributed by atoms with E-state index < -0.39 is 0 Å². The zero-order valence-electron chi connectivity index (χ0n) is 8.53. The van der Waals surface area contributed by atoms with Gasteiger partial charge in [0.05, 0.1) is 0 Å². The zero-order valence-corrected chi connectivity index (χ0v) is 8.53. The second-order valence-electron chi connectivity index (χ2n) is 3.34. The van der Waals surface area contributed by atoms with Crippen LogP contribution in [0.1, 0.15) is 11.3 Å². The van der Waals surface area contributed by atoms with Crippen molar-refractivity contribution in [2.45, 2.75) is 13.5 Å². The Labute approximate surface area is 88.1 Å². The summed E-state index contributed by atoms with van der Waals surface area (Å²) in [6.45, 7) is 2.44. The molecule has 0 aliphatic carbocycles. The topological polar surface area (TPSA) is 63.9 Å². The van der Waals surface area contributed by atoms with E-state index in [1.165, 1.54) is 0 Å². The summed E-state index contributed by atoms with van der Waals surface area (Å²) in [7, 11) is 0. The number of nitrogens with two attached hydrogens (primary N) is 1. The molecule has 4 heteroatoms. The number of ether oxygens (including phenoxy) is 1. The average Bonchev–Trinajstić information content (AvgIpc) is 2.64. The molecule has 0 bridgehead atoms. The maximum atomic E-state index is 5.54. The Morgan fingerprint density at radius 1 is 1.40 bits per heavy atom. The lowest BCUT2D eigenvalue weighted by Gasteiger charge is -2.03. The van der Waals surface area contributed by atoms with Gasteiger partial charge in [-0.25, -0.2) is 0 Å². The predicted molar refractivity (Wildman–Crippen MR) is 57.7 cm³/mol. The standard InChI is InChI=1S/C11H13N3O/c1-8-5-11(14-13-8)15-10-4-2-3-9(6-10)7-12/h2-6H,7,12H2,1H3,(H,13,14). The smallest absolute Gasteiger partial charge is 0.238 e. The van der Waals surface area contributed by atoms with Crippen LogP contribution in [0.5, 0.6) is 11.6 Å². The number of rotatable bonds is 3. The van der Waals surface area contributed by atoms with E-state index >= 15 is 0 Å². The highest BCUT2D eigenvalue weighted by molar-refractivity contribution is 5.31. The van der Waals surface area contributed by atoms with E-state index in [-0.39, 0.29) is 0 Å². The van der Waals surface area contributed by atoms with Gasteiger partial charge in [-0.05, 0) is 24.6 Å². The van der Waals surface area contributed by atoms with Crippen LogP contribution in [0.25, 0.3) is 0 Å². The molecule has 0 unspecified atom stereocenters. The Bertz CT molecular complexity index is 451. The molecule has 1 aromatic carbocycles. The molecule has 4 nitrogen and oxygen atoms in total. The van der Waals surface area contributed by atoms with Gasteiger partial charge >= 0.3 is 0 Å². The van der Waals surface area contributed by atoms with Gasteiger partial charge in [-0.3, -0.25) is 5.10 Å². The molecule has 0 fully saturated rings. The first-order valence-corrected chi connectivity index (χ1v) is 4.77. The van der Waals surface area contributed by atoms with Crippen molar-refractivity contribution in [2.75, 3.05) is 0 Å². The lowest BCUT2D eigenvalue weighted by molar-refractivity contribution is 0.461. The molecule has 2 rings (SSSR count). The average molecular weight is 203 g/mol. The minimum absolute atomic E-state index is 0.511.